The maximum absolute atomic E-state index is 13.8. The number of nitrogens with zero attached hydrogens (tertiary/aromatic N) is 2. The van der Waals surface area contributed by atoms with Gasteiger partial charge in [-0.1, -0.05) is 39.4 Å². The molecule has 4 rings (SSSR count). The number of aromatic nitrogens is 1. The Morgan fingerprint density at radius 2 is 1.78 bits per heavy atom. The fraction of sp³-hybridized carbons (Fsp3) is 0.269. The van der Waals surface area contributed by atoms with E-state index in [4.69, 9.17) is 18.9 Å². The molecule has 188 valence electrons. The minimum absolute atomic E-state index is 0.192. The third-order valence-corrected chi connectivity index (χ3v) is 7.40. The smallest absolute Gasteiger partial charge is 0.338 e. The van der Waals surface area contributed by atoms with Crippen LogP contribution in [0.25, 0.3) is 6.08 Å². The third kappa shape index (κ3) is 4.70. The molecule has 0 bridgehead atoms. The van der Waals surface area contributed by atoms with E-state index in [2.05, 4.69) is 20.9 Å². The molecule has 3 aromatic rings. The first-order valence-corrected chi connectivity index (χ1v) is 12.7. The molecule has 8 nitrogen and oxygen atoms in total. The second kappa shape index (κ2) is 10.7. The number of benzene rings is 2. The van der Waals surface area contributed by atoms with Gasteiger partial charge in [0.05, 0.1) is 49.8 Å². The summed E-state index contributed by atoms with van der Waals surface area (Å²) in [6.45, 7) is 3.67. The van der Waals surface area contributed by atoms with Crippen molar-refractivity contribution in [2.45, 2.75) is 19.9 Å². The van der Waals surface area contributed by atoms with Crippen molar-refractivity contribution in [3.63, 3.8) is 0 Å². The Kier molecular flexibility index (Phi) is 7.65. The van der Waals surface area contributed by atoms with Crippen LogP contribution in [0.3, 0.4) is 0 Å². The first kappa shape index (κ1) is 25.7. The van der Waals surface area contributed by atoms with Crippen LogP contribution in [0.1, 0.15) is 31.0 Å². The molecule has 0 N–H and O–H groups in total. The Labute approximate surface area is 220 Å². The highest BCUT2D eigenvalue weighted by atomic mass is 79.9. The van der Waals surface area contributed by atoms with Crippen molar-refractivity contribution in [2.24, 2.45) is 4.99 Å². The van der Waals surface area contributed by atoms with E-state index in [0.29, 0.717) is 36.6 Å². The molecule has 10 heteroatoms. The average Bonchev–Trinajstić information content (AvgIpc) is 3.17. The molecule has 0 saturated carbocycles. The van der Waals surface area contributed by atoms with Crippen molar-refractivity contribution in [1.82, 2.24) is 4.57 Å². The minimum atomic E-state index is -0.785. The van der Waals surface area contributed by atoms with E-state index in [-0.39, 0.29) is 17.7 Å². The van der Waals surface area contributed by atoms with E-state index >= 15 is 0 Å². The van der Waals surface area contributed by atoms with Gasteiger partial charge in [-0.3, -0.25) is 9.36 Å². The summed E-state index contributed by atoms with van der Waals surface area (Å²) in [6.07, 6.45) is 1.80. The van der Waals surface area contributed by atoms with Crippen molar-refractivity contribution in [3.8, 4) is 17.2 Å². The van der Waals surface area contributed by atoms with E-state index in [0.717, 1.165) is 11.3 Å². The zero-order chi connectivity index (χ0) is 26.0. The molecule has 1 aromatic heterocycles. The second-order valence-electron chi connectivity index (χ2n) is 7.80. The number of esters is 1. The second-order valence-corrected chi connectivity index (χ2v) is 9.67. The summed E-state index contributed by atoms with van der Waals surface area (Å²) in [7, 11) is 4.67. The summed E-state index contributed by atoms with van der Waals surface area (Å²) in [5, 5.41) is 0. The minimum Gasteiger partial charge on any atom is -0.497 e. The summed E-state index contributed by atoms with van der Waals surface area (Å²) in [4.78, 5) is 32.0. The lowest BCUT2D eigenvalue weighted by atomic mass is 9.95. The van der Waals surface area contributed by atoms with Crippen LogP contribution < -0.4 is 29.1 Å². The number of allylic oxidation sites excluding steroid dienone is 1. The Morgan fingerprint density at radius 3 is 2.39 bits per heavy atom. The molecular weight excluding hydrogens is 548 g/mol. The van der Waals surface area contributed by atoms with E-state index in [9.17, 15) is 9.59 Å². The van der Waals surface area contributed by atoms with E-state index in [1.165, 1.54) is 23.0 Å². The lowest BCUT2D eigenvalue weighted by Gasteiger charge is -2.26. The summed E-state index contributed by atoms with van der Waals surface area (Å²) < 4.78 is 24.2. The van der Waals surface area contributed by atoms with Gasteiger partial charge in [0.15, 0.2) is 16.3 Å². The third-order valence-electron chi connectivity index (χ3n) is 5.73. The highest BCUT2D eigenvalue weighted by Crippen LogP contribution is 2.40. The zero-order valence-electron chi connectivity index (χ0n) is 20.5. The van der Waals surface area contributed by atoms with Crippen molar-refractivity contribution in [3.05, 3.63) is 83.0 Å². The molecule has 0 aliphatic carbocycles. The molecule has 0 spiro atoms. The van der Waals surface area contributed by atoms with E-state index in [1.54, 1.807) is 46.3 Å². The number of fused-ring (bicyclic) bond motifs is 1. The van der Waals surface area contributed by atoms with Crippen molar-refractivity contribution < 1.29 is 23.7 Å². The molecule has 2 aromatic carbocycles. The van der Waals surface area contributed by atoms with Crippen LogP contribution >= 0.6 is 27.3 Å². The fourth-order valence-corrected chi connectivity index (χ4v) is 5.60. The van der Waals surface area contributed by atoms with Gasteiger partial charge in [-0.15, -0.1) is 0 Å². The fourth-order valence-electron chi connectivity index (χ4n) is 4.02. The van der Waals surface area contributed by atoms with E-state index in [1.807, 2.05) is 24.3 Å². The van der Waals surface area contributed by atoms with Gasteiger partial charge in [0.2, 0.25) is 0 Å². The number of rotatable bonds is 7. The predicted molar refractivity (Wildman–Crippen MR) is 141 cm³/mol. The lowest BCUT2D eigenvalue weighted by molar-refractivity contribution is -0.139. The SMILES string of the molecule is CCOC(=O)C1=C(C)N=c2s/c(=C\c3ccc(OC)cc3)c(=O)n2[C@H]1c1cc(OC)c(OC)cc1Br. The average molecular weight is 573 g/mol. The standard InChI is InChI=1S/C26H25BrN2O6S/c1-6-35-25(31)22-14(2)28-26-29(23(22)17-12-19(33-4)20(34-5)13-18(17)27)24(30)21(36-26)11-15-7-9-16(32-3)10-8-15/h7-13,23H,6H2,1-5H3/b21-11-/t23-/m0/s1. The number of thiazole rings is 1. The van der Waals surface area contributed by atoms with Crippen LogP contribution in [-0.2, 0) is 9.53 Å². The van der Waals surface area contributed by atoms with Gasteiger partial charge in [0.1, 0.15) is 5.75 Å². The highest BCUT2D eigenvalue weighted by molar-refractivity contribution is 9.10. The van der Waals surface area contributed by atoms with Gasteiger partial charge in [0.25, 0.3) is 5.56 Å². The van der Waals surface area contributed by atoms with Crippen LogP contribution in [0.2, 0.25) is 0 Å². The zero-order valence-corrected chi connectivity index (χ0v) is 22.9. The Hall–Kier alpha value is -3.37. The molecule has 0 fully saturated rings. The number of hydrogen-bond acceptors (Lipinski definition) is 8. The lowest BCUT2D eigenvalue weighted by Crippen LogP contribution is -2.40. The monoisotopic (exact) mass is 572 g/mol. The summed E-state index contributed by atoms with van der Waals surface area (Å²) in [6, 6.07) is 10.1. The normalized spacial score (nSPS) is 15.3. The molecule has 0 radical (unpaired) electrons. The quantitative estimate of drug-likeness (QED) is 0.402. The van der Waals surface area contributed by atoms with Gasteiger partial charge < -0.3 is 18.9 Å². The van der Waals surface area contributed by atoms with Crippen molar-refractivity contribution >= 4 is 39.3 Å². The molecule has 0 amide bonds. The van der Waals surface area contributed by atoms with Gasteiger partial charge in [-0.05, 0) is 55.3 Å². The molecule has 0 unspecified atom stereocenters. The molecule has 0 saturated heterocycles. The number of carbonyl (C=O) groups is 1. The van der Waals surface area contributed by atoms with Gasteiger partial charge in [-0.25, -0.2) is 9.79 Å². The maximum atomic E-state index is 13.8. The summed E-state index contributed by atoms with van der Waals surface area (Å²) in [5.74, 6) is 1.17. The van der Waals surface area contributed by atoms with Gasteiger partial charge >= 0.3 is 5.97 Å². The molecule has 1 atom stereocenters. The van der Waals surface area contributed by atoms with Crippen molar-refractivity contribution in [2.75, 3.05) is 27.9 Å². The number of hydrogen-bond donors (Lipinski definition) is 0. The van der Waals surface area contributed by atoms with Crippen LogP contribution in [0.4, 0.5) is 0 Å². The molecule has 1 aliphatic heterocycles. The Bertz CT molecular complexity index is 1520. The summed E-state index contributed by atoms with van der Waals surface area (Å²) >= 11 is 4.86. The number of ether oxygens (including phenoxy) is 4. The highest BCUT2D eigenvalue weighted by Gasteiger charge is 2.35. The Morgan fingerprint density at radius 1 is 1.11 bits per heavy atom. The maximum Gasteiger partial charge on any atom is 0.338 e. The molecular formula is C26H25BrN2O6S. The molecule has 2 heterocycles. The Balaban J connectivity index is 1.98. The number of carbonyl (C=O) groups excluding carboxylic acids is 1. The van der Waals surface area contributed by atoms with Crippen LogP contribution in [0.5, 0.6) is 17.2 Å². The van der Waals surface area contributed by atoms with Gasteiger partial charge in [-0.2, -0.15) is 0 Å². The molecule has 1 aliphatic rings. The van der Waals surface area contributed by atoms with Crippen molar-refractivity contribution in [1.29, 1.82) is 0 Å². The topological polar surface area (TPSA) is 88.4 Å². The predicted octanol–water partition coefficient (Wildman–Crippen LogP) is 3.59. The van der Waals surface area contributed by atoms with E-state index < -0.39 is 12.0 Å². The van der Waals surface area contributed by atoms with Gasteiger partial charge in [0, 0.05) is 4.47 Å². The van der Waals surface area contributed by atoms with Crippen LogP contribution in [0, 0.1) is 0 Å². The first-order valence-electron chi connectivity index (χ1n) is 11.1. The number of halogens is 1. The first-order chi connectivity index (χ1) is 17.3. The van der Waals surface area contributed by atoms with Crippen LogP contribution in [-0.4, -0.2) is 38.5 Å². The van der Waals surface area contributed by atoms with Crippen LogP contribution in [0.15, 0.2) is 61.9 Å². The number of methoxy groups -OCH3 is 3. The molecule has 36 heavy (non-hydrogen) atoms. The largest absolute Gasteiger partial charge is 0.497 e. The summed E-state index contributed by atoms with van der Waals surface area (Å²) in [5.41, 5.74) is 1.98.